The van der Waals surface area contributed by atoms with Crippen molar-refractivity contribution in [2.24, 2.45) is 5.92 Å². The van der Waals surface area contributed by atoms with E-state index in [9.17, 15) is 0 Å². The molecule has 3 heterocycles. The molecule has 0 aromatic carbocycles. The van der Waals surface area contributed by atoms with Crippen LogP contribution >= 0.6 is 0 Å². The molecular formula is C16H26N4O2. The van der Waals surface area contributed by atoms with Crippen LogP contribution in [0.4, 0.5) is 11.8 Å². The summed E-state index contributed by atoms with van der Waals surface area (Å²) < 4.78 is 11.5. The summed E-state index contributed by atoms with van der Waals surface area (Å²) in [6.07, 6.45) is 4.72. The Morgan fingerprint density at radius 2 is 2.00 bits per heavy atom. The van der Waals surface area contributed by atoms with Gasteiger partial charge < -0.3 is 19.7 Å². The van der Waals surface area contributed by atoms with Crippen molar-refractivity contribution < 1.29 is 9.47 Å². The predicted octanol–water partition coefficient (Wildman–Crippen LogP) is 2.28. The molecule has 3 rings (SSSR count). The number of anilines is 2. The first-order valence-electron chi connectivity index (χ1n) is 8.27. The van der Waals surface area contributed by atoms with Crippen LogP contribution in [0.5, 0.6) is 0 Å². The van der Waals surface area contributed by atoms with Crippen molar-refractivity contribution in [2.45, 2.75) is 38.9 Å². The lowest BCUT2D eigenvalue weighted by Gasteiger charge is -2.37. The monoisotopic (exact) mass is 306 g/mol. The second-order valence-corrected chi connectivity index (χ2v) is 6.45. The summed E-state index contributed by atoms with van der Waals surface area (Å²) in [6.45, 7) is 8.56. The number of aromatic nitrogens is 2. The Bertz CT molecular complexity index is 479. The number of hydrogen-bond donors (Lipinski definition) is 1. The second kappa shape index (κ2) is 6.79. The van der Waals surface area contributed by atoms with Gasteiger partial charge in [0.1, 0.15) is 5.82 Å². The first kappa shape index (κ1) is 15.5. The number of ether oxygens (including phenoxy) is 2. The topological polar surface area (TPSA) is 59.5 Å². The zero-order valence-corrected chi connectivity index (χ0v) is 13.5. The Balaban J connectivity index is 1.56. The molecule has 122 valence electrons. The van der Waals surface area contributed by atoms with Gasteiger partial charge in [0.25, 0.3) is 0 Å². The van der Waals surface area contributed by atoms with Crippen LogP contribution in [-0.4, -0.2) is 48.6 Å². The lowest BCUT2D eigenvalue weighted by Crippen LogP contribution is -2.45. The van der Waals surface area contributed by atoms with Crippen LogP contribution in [0.2, 0.25) is 0 Å². The van der Waals surface area contributed by atoms with Crippen molar-refractivity contribution in [3.63, 3.8) is 0 Å². The van der Waals surface area contributed by atoms with E-state index in [-0.39, 0.29) is 5.79 Å². The summed E-state index contributed by atoms with van der Waals surface area (Å²) in [5.74, 6) is 2.05. The van der Waals surface area contributed by atoms with Gasteiger partial charge in [0.15, 0.2) is 5.79 Å². The number of nitrogens with one attached hydrogen (secondary N) is 1. The molecule has 1 N–H and O–H groups in total. The van der Waals surface area contributed by atoms with Gasteiger partial charge in [-0.05, 0) is 18.4 Å². The number of nitrogens with zero attached hydrogens (tertiary/aromatic N) is 3. The van der Waals surface area contributed by atoms with Crippen LogP contribution in [0, 0.1) is 5.92 Å². The maximum Gasteiger partial charge on any atom is 0.227 e. The Hall–Kier alpha value is -1.40. The molecule has 0 radical (unpaired) electrons. The molecule has 2 aliphatic heterocycles. The molecule has 0 bridgehead atoms. The molecule has 6 heteroatoms. The SMILES string of the molecule is CC(C)CCNc1ccnc(N2CCC3(CC2)OCCO3)n1. The lowest BCUT2D eigenvalue weighted by atomic mass is 10.0. The predicted molar refractivity (Wildman–Crippen MR) is 86.1 cm³/mol. The van der Waals surface area contributed by atoms with Gasteiger partial charge in [0.05, 0.1) is 13.2 Å². The van der Waals surface area contributed by atoms with Gasteiger partial charge in [0, 0.05) is 38.7 Å². The summed E-state index contributed by atoms with van der Waals surface area (Å²) in [5, 5.41) is 3.38. The van der Waals surface area contributed by atoms with Gasteiger partial charge in [-0.15, -0.1) is 0 Å². The fourth-order valence-corrected chi connectivity index (χ4v) is 2.92. The van der Waals surface area contributed by atoms with E-state index in [1.54, 1.807) is 0 Å². The maximum atomic E-state index is 5.76. The quantitative estimate of drug-likeness (QED) is 0.900. The third kappa shape index (κ3) is 3.67. The van der Waals surface area contributed by atoms with Crippen LogP contribution in [-0.2, 0) is 9.47 Å². The van der Waals surface area contributed by atoms with Crippen molar-refractivity contribution in [3.8, 4) is 0 Å². The summed E-state index contributed by atoms with van der Waals surface area (Å²) in [7, 11) is 0. The van der Waals surface area contributed by atoms with Crippen molar-refractivity contribution in [3.05, 3.63) is 12.3 Å². The molecule has 1 aromatic heterocycles. The normalized spacial score (nSPS) is 20.8. The molecule has 2 saturated heterocycles. The molecule has 1 spiro atoms. The number of piperidine rings is 1. The highest BCUT2D eigenvalue weighted by Gasteiger charge is 2.40. The minimum Gasteiger partial charge on any atom is -0.370 e. The van der Waals surface area contributed by atoms with Crippen LogP contribution in [0.25, 0.3) is 0 Å². The van der Waals surface area contributed by atoms with Gasteiger partial charge in [0.2, 0.25) is 5.95 Å². The van der Waals surface area contributed by atoms with Gasteiger partial charge in [-0.2, -0.15) is 4.98 Å². The summed E-state index contributed by atoms with van der Waals surface area (Å²) >= 11 is 0. The molecule has 0 amide bonds. The van der Waals surface area contributed by atoms with E-state index in [0.29, 0.717) is 19.1 Å². The van der Waals surface area contributed by atoms with Crippen molar-refractivity contribution in [2.75, 3.05) is 43.1 Å². The molecule has 2 aliphatic rings. The average molecular weight is 306 g/mol. The molecule has 22 heavy (non-hydrogen) atoms. The third-order valence-corrected chi connectivity index (χ3v) is 4.29. The summed E-state index contributed by atoms with van der Waals surface area (Å²) in [6, 6.07) is 1.93. The lowest BCUT2D eigenvalue weighted by molar-refractivity contribution is -0.169. The van der Waals surface area contributed by atoms with Crippen molar-refractivity contribution in [1.82, 2.24) is 9.97 Å². The van der Waals surface area contributed by atoms with Crippen LogP contribution < -0.4 is 10.2 Å². The third-order valence-electron chi connectivity index (χ3n) is 4.29. The van der Waals surface area contributed by atoms with Crippen molar-refractivity contribution >= 4 is 11.8 Å². The fraction of sp³-hybridized carbons (Fsp3) is 0.750. The highest BCUT2D eigenvalue weighted by atomic mass is 16.7. The Labute approximate surface area is 132 Å². The minimum absolute atomic E-state index is 0.344. The van der Waals surface area contributed by atoms with E-state index in [2.05, 4.69) is 34.0 Å². The van der Waals surface area contributed by atoms with Crippen LogP contribution in [0.3, 0.4) is 0 Å². The summed E-state index contributed by atoms with van der Waals surface area (Å²) in [4.78, 5) is 11.3. The van der Waals surface area contributed by atoms with E-state index in [4.69, 9.17) is 9.47 Å². The van der Waals surface area contributed by atoms with Gasteiger partial charge in [-0.1, -0.05) is 13.8 Å². The molecule has 2 fully saturated rings. The van der Waals surface area contributed by atoms with Crippen LogP contribution in [0.1, 0.15) is 33.1 Å². The average Bonchev–Trinajstić information content (AvgIpc) is 2.96. The molecule has 6 nitrogen and oxygen atoms in total. The Kier molecular flexibility index (Phi) is 4.78. The van der Waals surface area contributed by atoms with E-state index < -0.39 is 0 Å². The van der Waals surface area contributed by atoms with E-state index in [1.807, 2.05) is 12.3 Å². The molecule has 0 atom stereocenters. The standard InChI is InChI=1S/C16H26N4O2/c1-13(2)3-7-17-14-4-8-18-15(19-14)20-9-5-16(6-10-20)21-11-12-22-16/h4,8,13H,3,5-7,9-12H2,1-2H3,(H,17,18,19). The van der Waals surface area contributed by atoms with E-state index in [0.717, 1.165) is 50.7 Å². The second-order valence-electron chi connectivity index (χ2n) is 6.45. The highest BCUT2D eigenvalue weighted by molar-refractivity contribution is 5.41. The fourth-order valence-electron chi connectivity index (χ4n) is 2.92. The maximum absolute atomic E-state index is 5.76. The molecule has 0 aliphatic carbocycles. The Morgan fingerprint density at radius 3 is 2.68 bits per heavy atom. The summed E-state index contributed by atoms with van der Waals surface area (Å²) in [5.41, 5.74) is 0. The number of hydrogen-bond acceptors (Lipinski definition) is 6. The van der Waals surface area contributed by atoms with Gasteiger partial charge in [-0.3, -0.25) is 0 Å². The minimum atomic E-state index is -0.344. The Morgan fingerprint density at radius 1 is 1.27 bits per heavy atom. The number of rotatable bonds is 5. The molecule has 0 saturated carbocycles. The van der Waals surface area contributed by atoms with Gasteiger partial charge >= 0.3 is 0 Å². The van der Waals surface area contributed by atoms with Gasteiger partial charge in [-0.25, -0.2) is 4.98 Å². The molecule has 0 unspecified atom stereocenters. The zero-order valence-electron chi connectivity index (χ0n) is 13.5. The first-order valence-corrected chi connectivity index (χ1v) is 8.27. The van der Waals surface area contributed by atoms with Crippen molar-refractivity contribution in [1.29, 1.82) is 0 Å². The van der Waals surface area contributed by atoms with Crippen LogP contribution in [0.15, 0.2) is 12.3 Å². The first-order chi connectivity index (χ1) is 10.7. The van der Waals surface area contributed by atoms with E-state index >= 15 is 0 Å². The molecular weight excluding hydrogens is 280 g/mol. The zero-order chi connectivity index (χ0) is 15.4. The highest BCUT2D eigenvalue weighted by Crippen LogP contribution is 2.32. The van der Waals surface area contributed by atoms with E-state index in [1.165, 1.54) is 0 Å². The molecule has 1 aromatic rings. The largest absolute Gasteiger partial charge is 0.370 e. The smallest absolute Gasteiger partial charge is 0.227 e.